The van der Waals surface area contributed by atoms with Crippen LogP contribution in [0.25, 0.3) is 6.08 Å². The van der Waals surface area contributed by atoms with Crippen molar-refractivity contribution in [2.45, 2.75) is 32.9 Å². The van der Waals surface area contributed by atoms with Gasteiger partial charge in [-0.3, -0.25) is 14.4 Å². The van der Waals surface area contributed by atoms with Gasteiger partial charge in [0.1, 0.15) is 6.04 Å². The Morgan fingerprint density at radius 1 is 0.935 bits per heavy atom. The van der Waals surface area contributed by atoms with Crippen molar-refractivity contribution >= 4 is 41.0 Å². The highest BCUT2D eigenvalue weighted by atomic mass is 35.5. The molecule has 3 aliphatic heterocycles. The number of imide groups is 1. The minimum atomic E-state index is -0.753. The fourth-order valence-electron chi connectivity index (χ4n) is 5.17. The summed E-state index contributed by atoms with van der Waals surface area (Å²) in [4.78, 5) is 44.1. The summed E-state index contributed by atoms with van der Waals surface area (Å²) in [6, 6.07) is 13.6. The van der Waals surface area contributed by atoms with Crippen LogP contribution in [0, 0.1) is 17.3 Å². The Morgan fingerprint density at radius 2 is 1.58 bits per heavy atom. The number of benzene rings is 2. The molecule has 31 heavy (non-hydrogen) atoms. The van der Waals surface area contributed by atoms with E-state index in [0.29, 0.717) is 10.7 Å². The van der Waals surface area contributed by atoms with Crippen molar-refractivity contribution in [3.05, 3.63) is 70.9 Å². The monoisotopic (exact) mass is 434 g/mol. The Balaban J connectivity index is 1.69. The third-order valence-electron chi connectivity index (χ3n) is 6.56. The largest absolute Gasteiger partial charge is 0.359 e. The Morgan fingerprint density at radius 3 is 2.29 bits per heavy atom. The third-order valence-corrected chi connectivity index (χ3v) is 6.88. The summed E-state index contributed by atoms with van der Waals surface area (Å²) in [6.45, 7) is 5.56. The van der Waals surface area contributed by atoms with E-state index >= 15 is 0 Å². The number of hydrogen-bond donors (Lipinski definition) is 0. The molecule has 158 valence electrons. The molecule has 0 aliphatic carbocycles. The molecule has 2 amide bonds. The van der Waals surface area contributed by atoms with Crippen molar-refractivity contribution in [1.82, 2.24) is 4.90 Å². The maximum atomic E-state index is 13.7. The first-order chi connectivity index (χ1) is 14.7. The summed E-state index contributed by atoms with van der Waals surface area (Å²) in [6.07, 6.45) is 3.83. The predicted octanol–water partition coefficient (Wildman–Crippen LogP) is 4.47. The number of halogens is 1. The van der Waals surface area contributed by atoms with E-state index in [2.05, 4.69) is 0 Å². The zero-order chi connectivity index (χ0) is 22.1. The topological polar surface area (TPSA) is 57.7 Å². The molecule has 2 saturated heterocycles. The summed E-state index contributed by atoms with van der Waals surface area (Å²) < 4.78 is 0. The molecule has 0 radical (unpaired) electrons. The summed E-state index contributed by atoms with van der Waals surface area (Å²) in [5.41, 5.74) is 1.69. The number of anilines is 1. The van der Waals surface area contributed by atoms with Crippen LogP contribution in [0.5, 0.6) is 0 Å². The smallest absolute Gasteiger partial charge is 0.240 e. The molecule has 4 atom stereocenters. The maximum Gasteiger partial charge on any atom is 0.240 e. The number of amides is 2. The van der Waals surface area contributed by atoms with E-state index < -0.39 is 23.3 Å². The van der Waals surface area contributed by atoms with Gasteiger partial charge in [-0.05, 0) is 29.3 Å². The molecule has 2 aromatic rings. The molecule has 0 spiro atoms. The van der Waals surface area contributed by atoms with E-state index in [1.54, 1.807) is 24.3 Å². The first-order valence-electron chi connectivity index (χ1n) is 10.4. The van der Waals surface area contributed by atoms with Gasteiger partial charge in [-0.2, -0.15) is 0 Å². The second-order valence-electron chi connectivity index (χ2n) is 9.41. The number of Topliss-reactive ketones (excluding diaryl/α,β-unsaturated/α-hetero) is 1. The van der Waals surface area contributed by atoms with Gasteiger partial charge in [-0.15, -0.1) is 0 Å². The summed E-state index contributed by atoms with van der Waals surface area (Å²) in [5.74, 6) is -2.10. The lowest BCUT2D eigenvalue weighted by Gasteiger charge is -2.37. The molecule has 0 unspecified atom stereocenters. The first-order valence-corrected chi connectivity index (χ1v) is 10.8. The molecule has 2 fully saturated rings. The fraction of sp³-hybridized carbons (Fsp3) is 0.320. The SMILES string of the molecule is CC(C)(C)C(=O)[C@@H]1[C@@H]2C(=O)N(c3ccccc3Cl)C(=O)[C@@H]2[C@H]2c3ccccc3C=CN12. The van der Waals surface area contributed by atoms with Crippen molar-refractivity contribution in [3.8, 4) is 0 Å². The standard InChI is InChI=1S/C25H23ClN2O3/c1-25(2,3)22(29)21-19-18(20-15-9-5-4-8-14(15)12-13-27(20)21)23(30)28(24(19)31)17-11-7-6-10-16(17)26/h4-13,18-21H,1-3H3/t18-,19+,20+,21-/m0/s1. The lowest BCUT2D eigenvalue weighted by molar-refractivity contribution is -0.135. The van der Waals surface area contributed by atoms with Gasteiger partial charge in [-0.1, -0.05) is 68.8 Å². The molecule has 0 saturated carbocycles. The Hall–Kier alpha value is -2.92. The Labute approximate surface area is 186 Å². The molecule has 0 bridgehead atoms. The highest BCUT2D eigenvalue weighted by Gasteiger charge is 2.65. The number of nitrogens with zero attached hydrogens (tertiary/aromatic N) is 2. The number of rotatable bonds is 2. The van der Waals surface area contributed by atoms with Gasteiger partial charge in [0.15, 0.2) is 5.78 Å². The van der Waals surface area contributed by atoms with Crippen LogP contribution >= 0.6 is 11.6 Å². The lowest BCUT2D eigenvalue weighted by atomic mass is 9.79. The van der Waals surface area contributed by atoms with Crippen LogP contribution in [0.3, 0.4) is 0 Å². The van der Waals surface area contributed by atoms with Crippen molar-refractivity contribution in [2.24, 2.45) is 17.3 Å². The number of fused-ring (bicyclic) bond motifs is 5. The molecule has 5 nitrogen and oxygen atoms in total. The highest BCUT2D eigenvalue weighted by Crippen LogP contribution is 2.54. The van der Waals surface area contributed by atoms with Crippen LogP contribution in [-0.4, -0.2) is 28.5 Å². The highest BCUT2D eigenvalue weighted by molar-refractivity contribution is 6.36. The van der Waals surface area contributed by atoms with E-state index in [0.717, 1.165) is 11.1 Å². The van der Waals surface area contributed by atoms with Crippen LogP contribution in [0.4, 0.5) is 5.69 Å². The van der Waals surface area contributed by atoms with Crippen LogP contribution in [0.1, 0.15) is 37.9 Å². The Kier molecular flexibility index (Phi) is 4.38. The van der Waals surface area contributed by atoms with Crippen molar-refractivity contribution in [1.29, 1.82) is 0 Å². The second-order valence-corrected chi connectivity index (χ2v) is 9.82. The van der Waals surface area contributed by atoms with Crippen LogP contribution < -0.4 is 4.90 Å². The zero-order valence-corrected chi connectivity index (χ0v) is 18.3. The van der Waals surface area contributed by atoms with Gasteiger partial charge >= 0.3 is 0 Å². The second kappa shape index (κ2) is 6.79. The van der Waals surface area contributed by atoms with E-state index in [9.17, 15) is 14.4 Å². The molecule has 3 heterocycles. The molecule has 2 aromatic carbocycles. The van der Waals surface area contributed by atoms with Crippen molar-refractivity contribution < 1.29 is 14.4 Å². The molecule has 5 rings (SSSR count). The average molecular weight is 435 g/mol. The molecule has 6 heteroatoms. The first kappa shape index (κ1) is 20.0. The van der Waals surface area contributed by atoms with Crippen LogP contribution in [0.2, 0.25) is 5.02 Å². The number of carbonyl (C=O) groups is 3. The number of carbonyl (C=O) groups excluding carboxylic acids is 3. The van der Waals surface area contributed by atoms with Gasteiger partial charge in [-0.25, -0.2) is 4.90 Å². The van der Waals surface area contributed by atoms with Gasteiger partial charge in [0.2, 0.25) is 11.8 Å². The van der Waals surface area contributed by atoms with E-state index in [1.807, 2.05) is 62.2 Å². The van der Waals surface area contributed by atoms with Gasteiger partial charge in [0.25, 0.3) is 0 Å². The average Bonchev–Trinajstić information content (AvgIpc) is 3.20. The minimum absolute atomic E-state index is 0.0452. The summed E-state index contributed by atoms with van der Waals surface area (Å²) >= 11 is 6.35. The predicted molar refractivity (Wildman–Crippen MR) is 119 cm³/mol. The van der Waals surface area contributed by atoms with Crippen molar-refractivity contribution in [2.75, 3.05) is 4.90 Å². The molecular formula is C25H23ClN2O3. The van der Waals surface area contributed by atoms with Gasteiger partial charge in [0, 0.05) is 11.6 Å². The third kappa shape index (κ3) is 2.79. The number of para-hydroxylation sites is 1. The van der Waals surface area contributed by atoms with Gasteiger partial charge < -0.3 is 4.90 Å². The number of hydrogen-bond acceptors (Lipinski definition) is 4. The van der Waals surface area contributed by atoms with Crippen LogP contribution in [-0.2, 0) is 14.4 Å². The lowest BCUT2D eigenvalue weighted by Crippen LogP contribution is -2.47. The zero-order valence-electron chi connectivity index (χ0n) is 17.6. The normalized spacial score (nSPS) is 26.7. The quantitative estimate of drug-likeness (QED) is 0.654. The molecule has 0 aromatic heterocycles. The van der Waals surface area contributed by atoms with Crippen molar-refractivity contribution in [3.63, 3.8) is 0 Å². The minimum Gasteiger partial charge on any atom is -0.359 e. The Bertz CT molecular complexity index is 1150. The van der Waals surface area contributed by atoms with E-state index in [-0.39, 0.29) is 23.6 Å². The summed E-state index contributed by atoms with van der Waals surface area (Å²) in [7, 11) is 0. The summed E-state index contributed by atoms with van der Waals surface area (Å²) in [5, 5.41) is 0.337. The fourth-order valence-corrected chi connectivity index (χ4v) is 5.39. The molecule has 3 aliphatic rings. The number of ketones is 1. The molecule has 0 N–H and O–H groups in total. The molecular weight excluding hydrogens is 412 g/mol. The van der Waals surface area contributed by atoms with E-state index in [1.165, 1.54) is 4.90 Å². The maximum absolute atomic E-state index is 13.7. The van der Waals surface area contributed by atoms with Crippen LogP contribution in [0.15, 0.2) is 54.7 Å². The van der Waals surface area contributed by atoms with Gasteiger partial charge in [0.05, 0.1) is 28.6 Å². The van der Waals surface area contributed by atoms with E-state index in [4.69, 9.17) is 11.6 Å².